The Labute approximate surface area is 115 Å². The van der Waals surface area contributed by atoms with E-state index in [9.17, 15) is 13.2 Å². The smallest absolute Gasteiger partial charge is 0.330 e. The van der Waals surface area contributed by atoms with Crippen molar-refractivity contribution >= 4 is 33.8 Å². The Morgan fingerprint density at radius 3 is 2.63 bits per heavy atom. The minimum Gasteiger partial charge on any atom is -0.330 e. The number of alkyl halides is 3. The minimum absolute atomic E-state index is 0.110. The molecule has 0 saturated carbocycles. The van der Waals surface area contributed by atoms with Crippen LogP contribution in [0.3, 0.4) is 0 Å². The summed E-state index contributed by atoms with van der Waals surface area (Å²) in [4.78, 5) is 3.89. The first kappa shape index (κ1) is 13.6. The van der Waals surface area contributed by atoms with Crippen LogP contribution in [0.5, 0.6) is 0 Å². The average Bonchev–Trinajstić information content (AvgIpc) is 2.74. The van der Waals surface area contributed by atoms with Crippen LogP contribution in [0, 0.1) is 11.3 Å². The second-order valence-corrected chi connectivity index (χ2v) is 4.72. The van der Waals surface area contributed by atoms with Gasteiger partial charge in [-0.25, -0.2) is 4.98 Å². The Balaban J connectivity index is 2.34. The van der Waals surface area contributed by atoms with Gasteiger partial charge in [0.1, 0.15) is 11.2 Å². The second-order valence-electron chi connectivity index (χ2n) is 3.47. The number of hydrogen-bond acceptors (Lipinski definition) is 4. The first-order valence-corrected chi connectivity index (χ1v) is 6.15. The lowest BCUT2D eigenvalue weighted by Gasteiger charge is -2.10. The normalized spacial score (nSPS) is 11.1. The zero-order valence-corrected chi connectivity index (χ0v) is 10.7. The molecule has 3 nitrogen and oxygen atoms in total. The molecule has 1 heterocycles. The SMILES string of the molecule is N#Cc1cc(C(F)(F)F)ccc1Nc1nc(Cl)cs1. The van der Waals surface area contributed by atoms with E-state index in [4.69, 9.17) is 16.9 Å². The number of rotatable bonds is 2. The third kappa shape index (κ3) is 3.16. The molecule has 1 aromatic heterocycles. The molecular weight excluding hydrogens is 299 g/mol. The van der Waals surface area contributed by atoms with E-state index in [0.29, 0.717) is 5.13 Å². The summed E-state index contributed by atoms with van der Waals surface area (Å²) in [6.07, 6.45) is -4.48. The van der Waals surface area contributed by atoms with Crippen LogP contribution < -0.4 is 5.32 Å². The number of thiazole rings is 1. The molecule has 2 rings (SSSR count). The summed E-state index contributed by atoms with van der Waals surface area (Å²) in [6.45, 7) is 0. The molecule has 0 aliphatic rings. The lowest BCUT2D eigenvalue weighted by atomic mass is 10.1. The van der Waals surface area contributed by atoms with Gasteiger partial charge in [-0.3, -0.25) is 0 Å². The highest BCUT2D eigenvalue weighted by atomic mass is 35.5. The molecule has 0 aliphatic heterocycles. The van der Waals surface area contributed by atoms with Crippen LogP contribution in [0.2, 0.25) is 5.15 Å². The molecule has 0 fully saturated rings. The van der Waals surface area contributed by atoms with Crippen molar-refractivity contribution in [2.45, 2.75) is 6.18 Å². The van der Waals surface area contributed by atoms with E-state index in [1.54, 1.807) is 11.4 Å². The summed E-state index contributed by atoms with van der Waals surface area (Å²) in [6, 6.07) is 4.60. The summed E-state index contributed by atoms with van der Waals surface area (Å²) >= 11 is 6.82. The molecule has 0 amide bonds. The number of nitrogens with one attached hydrogen (secondary N) is 1. The predicted octanol–water partition coefficient (Wildman–Crippen LogP) is 4.43. The molecule has 0 aliphatic carbocycles. The number of benzene rings is 1. The highest BCUT2D eigenvalue weighted by Crippen LogP contribution is 2.33. The molecule has 0 radical (unpaired) electrons. The maximum Gasteiger partial charge on any atom is 0.416 e. The number of aromatic nitrogens is 1. The number of halogens is 4. The fourth-order valence-electron chi connectivity index (χ4n) is 1.35. The minimum atomic E-state index is -4.48. The van der Waals surface area contributed by atoms with E-state index in [-0.39, 0.29) is 16.4 Å². The number of nitriles is 1. The van der Waals surface area contributed by atoms with Gasteiger partial charge in [-0.15, -0.1) is 11.3 Å². The molecule has 0 saturated heterocycles. The lowest BCUT2D eigenvalue weighted by molar-refractivity contribution is -0.137. The van der Waals surface area contributed by atoms with Gasteiger partial charge in [0.2, 0.25) is 0 Å². The third-order valence-electron chi connectivity index (χ3n) is 2.19. The van der Waals surface area contributed by atoms with E-state index in [2.05, 4.69) is 10.3 Å². The molecule has 98 valence electrons. The molecule has 8 heteroatoms. The fraction of sp³-hybridized carbons (Fsp3) is 0.0909. The molecule has 1 aromatic carbocycles. The average molecular weight is 304 g/mol. The van der Waals surface area contributed by atoms with Crippen molar-refractivity contribution in [3.05, 3.63) is 39.9 Å². The van der Waals surface area contributed by atoms with Crippen LogP contribution in [0.4, 0.5) is 24.0 Å². The molecule has 0 atom stereocenters. The van der Waals surface area contributed by atoms with Gasteiger partial charge in [0, 0.05) is 5.38 Å². The number of anilines is 2. The summed E-state index contributed by atoms with van der Waals surface area (Å²) in [5.74, 6) is 0. The van der Waals surface area contributed by atoms with Crippen LogP contribution in [-0.2, 0) is 6.18 Å². The maximum atomic E-state index is 12.5. The van der Waals surface area contributed by atoms with E-state index in [0.717, 1.165) is 12.1 Å². The van der Waals surface area contributed by atoms with Gasteiger partial charge < -0.3 is 5.32 Å². The van der Waals surface area contributed by atoms with Crippen LogP contribution in [-0.4, -0.2) is 4.98 Å². The molecule has 19 heavy (non-hydrogen) atoms. The van der Waals surface area contributed by atoms with Crippen molar-refractivity contribution in [1.29, 1.82) is 5.26 Å². The Morgan fingerprint density at radius 1 is 1.37 bits per heavy atom. The van der Waals surface area contributed by atoms with E-state index in [1.807, 2.05) is 0 Å². The van der Waals surface area contributed by atoms with Gasteiger partial charge in [-0.1, -0.05) is 11.6 Å². The van der Waals surface area contributed by atoms with Crippen molar-refractivity contribution < 1.29 is 13.2 Å². The summed E-state index contributed by atoms with van der Waals surface area (Å²) in [7, 11) is 0. The van der Waals surface area contributed by atoms with Gasteiger partial charge in [0.05, 0.1) is 16.8 Å². The van der Waals surface area contributed by atoms with Crippen molar-refractivity contribution in [1.82, 2.24) is 4.98 Å². The Bertz CT molecular complexity index is 645. The van der Waals surface area contributed by atoms with Gasteiger partial charge in [-0.2, -0.15) is 18.4 Å². The van der Waals surface area contributed by atoms with Gasteiger partial charge in [-0.05, 0) is 18.2 Å². The Morgan fingerprint density at radius 2 is 2.11 bits per heavy atom. The van der Waals surface area contributed by atoms with Crippen molar-refractivity contribution in [2.75, 3.05) is 5.32 Å². The predicted molar refractivity (Wildman–Crippen MR) is 66.6 cm³/mol. The third-order valence-corrected chi connectivity index (χ3v) is 3.27. The van der Waals surface area contributed by atoms with Crippen LogP contribution >= 0.6 is 22.9 Å². The van der Waals surface area contributed by atoms with E-state index >= 15 is 0 Å². The quantitative estimate of drug-likeness (QED) is 0.892. The van der Waals surface area contributed by atoms with E-state index < -0.39 is 11.7 Å². The van der Waals surface area contributed by atoms with Gasteiger partial charge in [0.25, 0.3) is 0 Å². The number of nitrogens with zero attached hydrogens (tertiary/aromatic N) is 2. The molecular formula is C11H5ClF3N3S. The zero-order chi connectivity index (χ0) is 14.0. The summed E-state index contributed by atoms with van der Waals surface area (Å²) in [5, 5.41) is 13.9. The fourth-order valence-corrected chi connectivity index (χ4v) is 2.20. The molecule has 0 unspecified atom stereocenters. The highest BCUT2D eigenvalue weighted by Gasteiger charge is 2.31. The largest absolute Gasteiger partial charge is 0.416 e. The molecule has 2 aromatic rings. The Hall–Kier alpha value is -1.78. The number of hydrogen-bond donors (Lipinski definition) is 1. The summed E-state index contributed by atoms with van der Waals surface area (Å²) < 4.78 is 37.5. The van der Waals surface area contributed by atoms with Crippen molar-refractivity contribution in [2.24, 2.45) is 0 Å². The first-order chi connectivity index (χ1) is 8.90. The highest BCUT2D eigenvalue weighted by molar-refractivity contribution is 7.14. The van der Waals surface area contributed by atoms with Crippen LogP contribution in [0.1, 0.15) is 11.1 Å². The maximum absolute atomic E-state index is 12.5. The topological polar surface area (TPSA) is 48.7 Å². The standard InChI is InChI=1S/C11H5ClF3N3S/c12-9-5-19-10(18-9)17-8-2-1-7(11(13,14)15)3-6(8)4-16/h1-3,5H,(H,17,18). The molecule has 0 spiro atoms. The van der Waals surface area contributed by atoms with Crippen molar-refractivity contribution in [3.8, 4) is 6.07 Å². The van der Waals surface area contributed by atoms with Gasteiger partial charge in [0.15, 0.2) is 5.13 Å². The van der Waals surface area contributed by atoms with Crippen LogP contribution in [0.15, 0.2) is 23.6 Å². The van der Waals surface area contributed by atoms with Crippen LogP contribution in [0.25, 0.3) is 0 Å². The van der Waals surface area contributed by atoms with Crippen molar-refractivity contribution in [3.63, 3.8) is 0 Å². The Kier molecular flexibility index (Phi) is 3.64. The van der Waals surface area contributed by atoms with E-state index in [1.165, 1.54) is 17.4 Å². The lowest BCUT2D eigenvalue weighted by Crippen LogP contribution is -2.06. The molecule has 0 bridgehead atoms. The van der Waals surface area contributed by atoms with Gasteiger partial charge >= 0.3 is 6.18 Å². The summed E-state index contributed by atoms with van der Waals surface area (Å²) in [5.41, 5.74) is -0.727. The zero-order valence-electron chi connectivity index (χ0n) is 9.12. The molecule has 1 N–H and O–H groups in total. The first-order valence-electron chi connectivity index (χ1n) is 4.89. The monoisotopic (exact) mass is 303 g/mol. The second kappa shape index (κ2) is 5.07.